The molecule has 1 atom stereocenters. The third-order valence-electron chi connectivity index (χ3n) is 3.99. The number of non-ortho nitro benzene ring substituents is 1. The minimum atomic E-state index is -0.546. The topological polar surface area (TPSA) is 84.7 Å². The van der Waals surface area contributed by atoms with E-state index in [9.17, 15) is 14.9 Å². The van der Waals surface area contributed by atoms with Gasteiger partial charge in [0.15, 0.2) is 0 Å². The fraction of sp³-hybridized carbons (Fsp3) is 0.278. The number of hydrogen-bond acceptors (Lipinski definition) is 5. The van der Waals surface area contributed by atoms with Gasteiger partial charge in [-0.05, 0) is 44.3 Å². The molecule has 2 rings (SSSR count). The van der Waals surface area contributed by atoms with E-state index in [0.717, 1.165) is 0 Å². The molecule has 2 aromatic carbocycles. The number of carbonyl (C=O) groups excluding carboxylic acids is 1. The van der Waals surface area contributed by atoms with E-state index in [2.05, 4.69) is 5.32 Å². The second kappa shape index (κ2) is 9.55. The summed E-state index contributed by atoms with van der Waals surface area (Å²) in [6.07, 6.45) is 0. The number of nitro groups is 1. The Kier molecular flexibility index (Phi) is 7.41. The summed E-state index contributed by atoms with van der Waals surface area (Å²) in [5, 5.41) is 14.4. The van der Waals surface area contributed by atoms with Crippen molar-refractivity contribution in [3.63, 3.8) is 0 Å². The lowest BCUT2D eigenvalue weighted by Gasteiger charge is -2.24. The first-order chi connectivity index (χ1) is 12.8. The van der Waals surface area contributed by atoms with E-state index in [1.165, 1.54) is 18.2 Å². The van der Waals surface area contributed by atoms with Crippen LogP contribution in [-0.2, 0) is 4.79 Å². The second-order valence-electron chi connectivity index (χ2n) is 5.87. The van der Waals surface area contributed by atoms with Crippen LogP contribution >= 0.6 is 23.2 Å². The number of benzene rings is 2. The van der Waals surface area contributed by atoms with Gasteiger partial charge in [-0.2, -0.15) is 0 Å². The van der Waals surface area contributed by atoms with Gasteiger partial charge in [0.1, 0.15) is 12.4 Å². The van der Waals surface area contributed by atoms with Gasteiger partial charge in [0.25, 0.3) is 5.69 Å². The molecule has 0 spiro atoms. The molecule has 0 saturated carbocycles. The monoisotopic (exact) mass is 411 g/mol. The normalized spacial score (nSPS) is 11.9. The van der Waals surface area contributed by atoms with E-state index in [-0.39, 0.29) is 22.3 Å². The molecule has 0 heterocycles. The summed E-state index contributed by atoms with van der Waals surface area (Å²) >= 11 is 11.8. The summed E-state index contributed by atoms with van der Waals surface area (Å²) in [4.78, 5) is 24.5. The van der Waals surface area contributed by atoms with Crippen molar-refractivity contribution in [1.29, 1.82) is 0 Å². The maximum atomic E-state index is 12.4. The maximum Gasteiger partial charge on any atom is 0.271 e. The zero-order valence-corrected chi connectivity index (χ0v) is 16.3. The third-order valence-corrected chi connectivity index (χ3v) is 4.57. The summed E-state index contributed by atoms with van der Waals surface area (Å²) in [6, 6.07) is 10.4. The van der Waals surface area contributed by atoms with Crippen molar-refractivity contribution in [1.82, 2.24) is 4.90 Å². The quantitative estimate of drug-likeness (QED) is 0.518. The van der Waals surface area contributed by atoms with Crippen molar-refractivity contribution in [2.24, 2.45) is 0 Å². The number of amides is 1. The van der Waals surface area contributed by atoms with Gasteiger partial charge in [-0.25, -0.2) is 0 Å². The van der Waals surface area contributed by atoms with Crippen LogP contribution in [0.25, 0.3) is 0 Å². The first-order valence-electron chi connectivity index (χ1n) is 8.11. The maximum absolute atomic E-state index is 12.4. The van der Waals surface area contributed by atoms with Gasteiger partial charge in [-0.15, -0.1) is 0 Å². The first kappa shape index (κ1) is 21.0. The number of nitro benzene ring substituents is 1. The van der Waals surface area contributed by atoms with Gasteiger partial charge in [0.05, 0.1) is 21.7 Å². The van der Waals surface area contributed by atoms with Gasteiger partial charge < -0.3 is 10.1 Å². The van der Waals surface area contributed by atoms with Gasteiger partial charge in [0.2, 0.25) is 5.91 Å². The van der Waals surface area contributed by atoms with Crippen LogP contribution in [0.5, 0.6) is 5.75 Å². The number of hydrogen-bond donors (Lipinski definition) is 1. The Bertz CT molecular complexity index is 815. The fourth-order valence-corrected chi connectivity index (χ4v) is 2.48. The van der Waals surface area contributed by atoms with Crippen LogP contribution in [0.2, 0.25) is 10.0 Å². The lowest BCUT2D eigenvalue weighted by atomic mass is 10.2. The zero-order chi connectivity index (χ0) is 20.0. The molecular weight excluding hydrogens is 393 g/mol. The number of rotatable bonds is 8. The summed E-state index contributed by atoms with van der Waals surface area (Å²) in [5.41, 5.74) is 0.0561. The predicted octanol–water partition coefficient (Wildman–Crippen LogP) is 4.24. The highest BCUT2D eigenvalue weighted by Crippen LogP contribution is 2.27. The van der Waals surface area contributed by atoms with E-state index in [0.29, 0.717) is 23.9 Å². The highest BCUT2D eigenvalue weighted by Gasteiger charge is 2.20. The van der Waals surface area contributed by atoms with Crippen LogP contribution in [0, 0.1) is 10.1 Å². The smallest absolute Gasteiger partial charge is 0.271 e. The lowest BCUT2D eigenvalue weighted by Crippen LogP contribution is -2.41. The molecule has 0 aromatic heterocycles. The number of likely N-dealkylation sites (N-methyl/N-ethyl adjacent to an activating group) is 1. The Balaban J connectivity index is 1.89. The second-order valence-corrected chi connectivity index (χ2v) is 6.71. The van der Waals surface area contributed by atoms with Gasteiger partial charge in [0, 0.05) is 23.7 Å². The molecule has 0 fully saturated rings. The van der Waals surface area contributed by atoms with Crippen LogP contribution in [0.15, 0.2) is 42.5 Å². The minimum absolute atomic E-state index is 0.146. The van der Waals surface area contributed by atoms with Crippen LogP contribution < -0.4 is 10.1 Å². The SMILES string of the molecule is CC(C(=O)Nc1cc([N+](=O)[O-])ccc1Cl)N(C)CCOc1ccc(Cl)cc1. The van der Waals surface area contributed by atoms with E-state index in [1.54, 1.807) is 43.1 Å². The number of ether oxygens (including phenoxy) is 1. The Morgan fingerprint density at radius 1 is 1.26 bits per heavy atom. The highest BCUT2D eigenvalue weighted by molar-refractivity contribution is 6.33. The molecule has 144 valence electrons. The van der Waals surface area contributed by atoms with Crippen molar-refractivity contribution < 1.29 is 14.5 Å². The molecule has 9 heteroatoms. The van der Waals surface area contributed by atoms with Crippen molar-refractivity contribution >= 4 is 40.5 Å². The first-order valence-corrected chi connectivity index (χ1v) is 8.87. The third kappa shape index (κ3) is 6.09. The number of nitrogens with one attached hydrogen (secondary N) is 1. The molecule has 0 aliphatic heterocycles. The molecule has 0 radical (unpaired) electrons. The summed E-state index contributed by atoms with van der Waals surface area (Å²) < 4.78 is 5.61. The van der Waals surface area contributed by atoms with Crippen LogP contribution in [0.3, 0.4) is 0 Å². The van der Waals surface area contributed by atoms with E-state index in [1.807, 2.05) is 0 Å². The van der Waals surface area contributed by atoms with Gasteiger partial charge in [-0.3, -0.25) is 19.8 Å². The number of anilines is 1. The average Bonchev–Trinajstić information content (AvgIpc) is 2.64. The number of halogens is 2. The molecule has 1 unspecified atom stereocenters. The van der Waals surface area contributed by atoms with Gasteiger partial charge in [-0.1, -0.05) is 23.2 Å². The van der Waals surface area contributed by atoms with Crippen LogP contribution in [-0.4, -0.2) is 42.0 Å². The molecule has 2 aromatic rings. The molecule has 0 aliphatic carbocycles. The van der Waals surface area contributed by atoms with Crippen molar-refractivity contribution in [3.8, 4) is 5.75 Å². The molecule has 27 heavy (non-hydrogen) atoms. The Morgan fingerprint density at radius 3 is 2.56 bits per heavy atom. The van der Waals surface area contributed by atoms with E-state index >= 15 is 0 Å². The Labute approximate surface area is 167 Å². The van der Waals surface area contributed by atoms with Crippen molar-refractivity contribution in [2.75, 3.05) is 25.5 Å². The van der Waals surface area contributed by atoms with Gasteiger partial charge >= 0.3 is 0 Å². The fourth-order valence-electron chi connectivity index (χ4n) is 2.19. The zero-order valence-electron chi connectivity index (χ0n) is 14.8. The molecule has 0 aliphatic rings. The minimum Gasteiger partial charge on any atom is -0.492 e. The number of carbonyl (C=O) groups is 1. The predicted molar refractivity (Wildman–Crippen MR) is 106 cm³/mol. The lowest BCUT2D eigenvalue weighted by molar-refractivity contribution is -0.384. The van der Waals surface area contributed by atoms with Crippen molar-refractivity contribution in [2.45, 2.75) is 13.0 Å². The summed E-state index contributed by atoms with van der Waals surface area (Å²) in [6.45, 7) is 2.61. The summed E-state index contributed by atoms with van der Waals surface area (Å²) in [5.74, 6) is 0.361. The molecule has 0 bridgehead atoms. The molecule has 7 nitrogen and oxygen atoms in total. The van der Waals surface area contributed by atoms with Crippen LogP contribution in [0.4, 0.5) is 11.4 Å². The Morgan fingerprint density at radius 2 is 1.93 bits per heavy atom. The largest absolute Gasteiger partial charge is 0.492 e. The van der Waals surface area contributed by atoms with Crippen LogP contribution in [0.1, 0.15) is 6.92 Å². The highest BCUT2D eigenvalue weighted by atomic mass is 35.5. The molecule has 1 amide bonds. The number of nitrogens with zero attached hydrogens (tertiary/aromatic N) is 2. The standard InChI is InChI=1S/C18H19Cl2N3O4/c1-12(22(2)9-10-27-15-6-3-13(19)4-7-15)18(24)21-17-11-14(23(25)26)5-8-16(17)20/h3-8,11-12H,9-10H2,1-2H3,(H,21,24). The van der Waals surface area contributed by atoms with Crippen molar-refractivity contribution in [3.05, 3.63) is 62.6 Å². The molecular formula is C18H19Cl2N3O4. The molecule has 0 saturated heterocycles. The molecule has 1 N–H and O–H groups in total. The van der Waals surface area contributed by atoms with E-state index < -0.39 is 11.0 Å². The van der Waals surface area contributed by atoms with E-state index in [4.69, 9.17) is 27.9 Å². The Hall–Kier alpha value is -2.35. The summed E-state index contributed by atoms with van der Waals surface area (Å²) in [7, 11) is 1.78. The average molecular weight is 412 g/mol.